The Balaban J connectivity index is 1.90. The number of carbonyl (C=O) groups is 2. The Bertz CT molecular complexity index is 638. The van der Waals surface area contributed by atoms with Crippen molar-refractivity contribution in [2.24, 2.45) is 0 Å². The summed E-state index contributed by atoms with van der Waals surface area (Å²) in [5, 5.41) is 5.46. The molecular weight excluding hydrogens is 348 g/mol. The van der Waals surface area contributed by atoms with Gasteiger partial charge in [0.2, 0.25) is 5.91 Å². The fourth-order valence-corrected chi connectivity index (χ4v) is 2.18. The standard InChI is InChI=1S/C16H17BrN2O3/c1-10(12-5-7-13(17)8-6-12)18-15(20)11(2)19-16(21)14-4-3-9-22-14/h3-11H,1-2H3,(H,18,20)(H,19,21)/t10?,11-/m0/s1. The third kappa shape index (κ3) is 4.21. The van der Waals surface area contributed by atoms with Crippen molar-refractivity contribution in [3.05, 3.63) is 58.5 Å². The molecule has 6 heteroatoms. The Labute approximate surface area is 137 Å². The third-order valence-electron chi connectivity index (χ3n) is 3.21. The summed E-state index contributed by atoms with van der Waals surface area (Å²) >= 11 is 3.37. The van der Waals surface area contributed by atoms with Crippen LogP contribution in [-0.4, -0.2) is 17.9 Å². The van der Waals surface area contributed by atoms with Crippen molar-refractivity contribution in [2.75, 3.05) is 0 Å². The first-order chi connectivity index (χ1) is 10.5. The van der Waals surface area contributed by atoms with Crippen molar-refractivity contribution in [1.82, 2.24) is 10.6 Å². The van der Waals surface area contributed by atoms with Gasteiger partial charge in [-0.1, -0.05) is 28.1 Å². The Kier molecular flexibility index (Phi) is 5.38. The first kappa shape index (κ1) is 16.3. The van der Waals surface area contributed by atoms with Crippen LogP contribution >= 0.6 is 15.9 Å². The number of carbonyl (C=O) groups excluding carboxylic acids is 2. The Hall–Kier alpha value is -2.08. The number of rotatable bonds is 5. The zero-order valence-electron chi connectivity index (χ0n) is 12.3. The molecule has 1 aromatic carbocycles. The lowest BCUT2D eigenvalue weighted by molar-refractivity contribution is -0.123. The zero-order chi connectivity index (χ0) is 16.1. The third-order valence-corrected chi connectivity index (χ3v) is 3.74. The smallest absolute Gasteiger partial charge is 0.287 e. The van der Waals surface area contributed by atoms with E-state index in [-0.39, 0.29) is 17.7 Å². The van der Waals surface area contributed by atoms with Crippen LogP contribution < -0.4 is 10.6 Å². The lowest BCUT2D eigenvalue weighted by Gasteiger charge is -2.18. The van der Waals surface area contributed by atoms with Crippen molar-refractivity contribution in [3.63, 3.8) is 0 Å². The molecule has 0 fully saturated rings. The zero-order valence-corrected chi connectivity index (χ0v) is 13.9. The van der Waals surface area contributed by atoms with Gasteiger partial charge < -0.3 is 15.1 Å². The van der Waals surface area contributed by atoms with Gasteiger partial charge in [0, 0.05) is 4.47 Å². The molecule has 2 aromatic rings. The van der Waals surface area contributed by atoms with E-state index in [1.807, 2.05) is 31.2 Å². The van der Waals surface area contributed by atoms with Gasteiger partial charge in [-0.05, 0) is 43.7 Å². The van der Waals surface area contributed by atoms with Crippen molar-refractivity contribution in [1.29, 1.82) is 0 Å². The highest BCUT2D eigenvalue weighted by molar-refractivity contribution is 9.10. The van der Waals surface area contributed by atoms with Gasteiger partial charge in [0.1, 0.15) is 6.04 Å². The highest BCUT2D eigenvalue weighted by Gasteiger charge is 2.19. The van der Waals surface area contributed by atoms with Crippen LogP contribution in [0.2, 0.25) is 0 Å². The molecule has 1 unspecified atom stereocenters. The number of nitrogens with one attached hydrogen (secondary N) is 2. The van der Waals surface area contributed by atoms with Gasteiger partial charge in [-0.3, -0.25) is 9.59 Å². The highest BCUT2D eigenvalue weighted by Crippen LogP contribution is 2.16. The summed E-state index contributed by atoms with van der Waals surface area (Å²) in [4.78, 5) is 24.0. The maximum Gasteiger partial charge on any atom is 0.287 e. The molecule has 0 aliphatic carbocycles. The largest absolute Gasteiger partial charge is 0.459 e. The number of benzene rings is 1. The Morgan fingerprint density at radius 2 is 1.77 bits per heavy atom. The maximum absolute atomic E-state index is 12.1. The van der Waals surface area contributed by atoms with E-state index in [1.165, 1.54) is 6.26 Å². The predicted molar refractivity (Wildman–Crippen MR) is 86.3 cm³/mol. The van der Waals surface area contributed by atoms with E-state index >= 15 is 0 Å². The number of halogens is 1. The number of hydrogen-bond donors (Lipinski definition) is 2. The molecule has 22 heavy (non-hydrogen) atoms. The van der Waals surface area contributed by atoms with Gasteiger partial charge in [0.25, 0.3) is 5.91 Å². The lowest BCUT2D eigenvalue weighted by atomic mass is 10.1. The fraction of sp³-hybridized carbons (Fsp3) is 0.250. The molecule has 0 spiro atoms. The summed E-state index contributed by atoms with van der Waals surface area (Å²) in [5.41, 5.74) is 0.987. The van der Waals surface area contributed by atoms with Gasteiger partial charge in [0.15, 0.2) is 5.76 Å². The molecule has 2 N–H and O–H groups in total. The normalized spacial score (nSPS) is 13.2. The second-order valence-corrected chi connectivity index (χ2v) is 5.87. The molecule has 0 saturated heterocycles. The van der Waals surface area contributed by atoms with Crippen LogP contribution in [0.5, 0.6) is 0 Å². The van der Waals surface area contributed by atoms with E-state index in [9.17, 15) is 9.59 Å². The first-order valence-corrected chi connectivity index (χ1v) is 7.67. The summed E-state index contributed by atoms with van der Waals surface area (Å²) < 4.78 is 5.97. The molecule has 0 bridgehead atoms. The second-order valence-electron chi connectivity index (χ2n) is 4.95. The van der Waals surface area contributed by atoms with Crippen molar-refractivity contribution in [2.45, 2.75) is 25.9 Å². The number of furan rings is 1. The monoisotopic (exact) mass is 364 g/mol. The molecule has 0 aliphatic rings. The number of hydrogen-bond acceptors (Lipinski definition) is 3. The molecule has 2 amide bonds. The summed E-state index contributed by atoms with van der Waals surface area (Å²) in [7, 11) is 0. The molecule has 5 nitrogen and oxygen atoms in total. The van der Waals surface area contributed by atoms with Crippen molar-refractivity contribution >= 4 is 27.7 Å². The van der Waals surface area contributed by atoms with Crippen LogP contribution in [0.15, 0.2) is 51.6 Å². The van der Waals surface area contributed by atoms with Gasteiger partial charge in [0.05, 0.1) is 12.3 Å². The van der Waals surface area contributed by atoms with E-state index in [4.69, 9.17) is 4.42 Å². The Morgan fingerprint density at radius 1 is 1.09 bits per heavy atom. The van der Waals surface area contributed by atoms with Gasteiger partial charge >= 0.3 is 0 Å². The van der Waals surface area contributed by atoms with Crippen molar-refractivity contribution in [3.8, 4) is 0 Å². The minimum atomic E-state index is -0.657. The summed E-state index contributed by atoms with van der Waals surface area (Å²) in [5.74, 6) is -0.486. The Morgan fingerprint density at radius 3 is 2.36 bits per heavy atom. The summed E-state index contributed by atoms with van der Waals surface area (Å²) in [6, 6.07) is 10.1. The molecule has 0 radical (unpaired) electrons. The van der Waals surface area contributed by atoms with E-state index in [2.05, 4.69) is 26.6 Å². The first-order valence-electron chi connectivity index (χ1n) is 6.87. The molecule has 2 rings (SSSR count). The molecule has 1 heterocycles. The highest BCUT2D eigenvalue weighted by atomic mass is 79.9. The molecular formula is C16H17BrN2O3. The average molecular weight is 365 g/mol. The summed E-state index contributed by atoms with van der Waals surface area (Å²) in [6.07, 6.45) is 1.41. The van der Waals surface area contributed by atoms with Crippen LogP contribution in [0, 0.1) is 0 Å². The maximum atomic E-state index is 12.1. The molecule has 1 aromatic heterocycles. The summed E-state index contributed by atoms with van der Waals surface area (Å²) in [6.45, 7) is 3.52. The fourth-order valence-electron chi connectivity index (χ4n) is 1.91. The van der Waals surface area contributed by atoms with Gasteiger partial charge in [-0.2, -0.15) is 0 Å². The molecule has 0 saturated carbocycles. The molecule has 0 aliphatic heterocycles. The van der Waals surface area contributed by atoms with E-state index in [0.717, 1.165) is 10.0 Å². The van der Waals surface area contributed by atoms with Crippen LogP contribution in [0.25, 0.3) is 0 Å². The van der Waals surface area contributed by atoms with E-state index in [1.54, 1.807) is 19.1 Å². The van der Waals surface area contributed by atoms with Crippen LogP contribution in [0.3, 0.4) is 0 Å². The van der Waals surface area contributed by atoms with Crippen LogP contribution in [0.1, 0.15) is 36.0 Å². The second kappa shape index (κ2) is 7.26. The predicted octanol–water partition coefficient (Wildman–Crippen LogP) is 3.04. The SMILES string of the molecule is CC(NC(=O)[C@H](C)NC(=O)c1ccco1)c1ccc(Br)cc1. The topological polar surface area (TPSA) is 71.3 Å². The van der Waals surface area contributed by atoms with Crippen LogP contribution in [0.4, 0.5) is 0 Å². The lowest BCUT2D eigenvalue weighted by Crippen LogP contribution is -2.45. The quantitative estimate of drug-likeness (QED) is 0.856. The minimum Gasteiger partial charge on any atom is -0.459 e. The minimum absolute atomic E-state index is 0.149. The van der Waals surface area contributed by atoms with Gasteiger partial charge in [-0.25, -0.2) is 0 Å². The molecule has 116 valence electrons. The number of amides is 2. The van der Waals surface area contributed by atoms with E-state index < -0.39 is 11.9 Å². The van der Waals surface area contributed by atoms with E-state index in [0.29, 0.717) is 0 Å². The average Bonchev–Trinajstić information content (AvgIpc) is 3.02. The van der Waals surface area contributed by atoms with Crippen LogP contribution in [-0.2, 0) is 4.79 Å². The molecule has 2 atom stereocenters. The van der Waals surface area contributed by atoms with Gasteiger partial charge in [-0.15, -0.1) is 0 Å². The van der Waals surface area contributed by atoms with Crippen molar-refractivity contribution < 1.29 is 14.0 Å².